The molecule has 4 atom stereocenters. The van der Waals surface area contributed by atoms with Crippen LogP contribution in [0.2, 0.25) is 0 Å². The fourth-order valence-corrected chi connectivity index (χ4v) is 2.52. The Balaban J connectivity index is 2.26. The lowest BCUT2D eigenvalue weighted by atomic mass is 9.63. The van der Waals surface area contributed by atoms with Crippen molar-refractivity contribution in [3.63, 3.8) is 0 Å². The van der Waals surface area contributed by atoms with Crippen LogP contribution >= 0.6 is 0 Å². The highest BCUT2D eigenvalue weighted by atomic mass is 16.1. The number of hydrogen-bond donors (Lipinski definition) is 0. The molecule has 0 spiro atoms. The lowest BCUT2D eigenvalue weighted by Gasteiger charge is -2.40. The second kappa shape index (κ2) is 2.47. The van der Waals surface area contributed by atoms with E-state index in [0.29, 0.717) is 23.7 Å². The van der Waals surface area contributed by atoms with Crippen molar-refractivity contribution in [2.24, 2.45) is 23.7 Å². The van der Waals surface area contributed by atoms with Crippen LogP contribution in [-0.2, 0) is 4.79 Å². The molecule has 1 nitrogen and oxygen atoms in total. The molecule has 3 aliphatic carbocycles. The molecule has 4 unspecified atom stereocenters. The fraction of sp³-hybridized carbons (Fsp3) is 0.700. The number of carbonyl (C=O) groups is 1. The molecule has 2 bridgehead atoms. The van der Waals surface area contributed by atoms with Gasteiger partial charge in [-0.2, -0.15) is 0 Å². The third-order valence-electron chi connectivity index (χ3n) is 3.37. The number of aldehydes is 1. The number of allylic oxidation sites excluding steroid dienone is 2. The van der Waals surface area contributed by atoms with Crippen molar-refractivity contribution >= 4 is 6.29 Å². The molecule has 3 aliphatic rings. The molecule has 0 amide bonds. The molecule has 60 valence electrons. The van der Waals surface area contributed by atoms with E-state index in [1.165, 1.54) is 12.8 Å². The van der Waals surface area contributed by atoms with Crippen molar-refractivity contribution in [1.29, 1.82) is 0 Å². The summed E-state index contributed by atoms with van der Waals surface area (Å²) in [6, 6.07) is 0. The summed E-state index contributed by atoms with van der Waals surface area (Å²) in [5.74, 6) is 2.16. The van der Waals surface area contributed by atoms with Crippen molar-refractivity contribution < 1.29 is 4.79 Å². The average Bonchev–Trinajstić information content (AvgIpc) is 2.06. The van der Waals surface area contributed by atoms with Crippen molar-refractivity contribution in [2.75, 3.05) is 0 Å². The third kappa shape index (κ3) is 0.943. The van der Waals surface area contributed by atoms with Gasteiger partial charge in [-0.25, -0.2) is 0 Å². The lowest BCUT2D eigenvalue weighted by Crippen LogP contribution is -2.35. The number of fused-ring (bicyclic) bond motifs is 2. The SMILES string of the molecule is CC1C2C=CC(CC2)C1C=O. The van der Waals surface area contributed by atoms with Crippen LogP contribution in [0.3, 0.4) is 0 Å². The molecule has 1 fully saturated rings. The van der Waals surface area contributed by atoms with Gasteiger partial charge in [-0.1, -0.05) is 19.1 Å². The predicted octanol–water partition coefficient (Wildman–Crippen LogP) is 2.03. The van der Waals surface area contributed by atoms with E-state index >= 15 is 0 Å². The smallest absolute Gasteiger partial charge is 0.123 e. The summed E-state index contributed by atoms with van der Waals surface area (Å²) in [5, 5.41) is 0. The third-order valence-corrected chi connectivity index (χ3v) is 3.37. The Morgan fingerprint density at radius 2 is 1.91 bits per heavy atom. The van der Waals surface area contributed by atoms with Gasteiger partial charge in [0, 0.05) is 5.92 Å². The van der Waals surface area contributed by atoms with E-state index in [1.54, 1.807) is 0 Å². The normalized spacial score (nSPS) is 47.7. The summed E-state index contributed by atoms with van der Waals surface area (Å²) in [6.07, 6.45) is 8.23. The maximum absolute atomic E-state index is 10.7. The van der Waals surface area contributed by atoms with E-state index in [-0.39, 0.29) is 0 Å². The van der Waals surface area contributed by atoms with Crippen LogP contribution < -0.4 is 0 Å². The molecule has 0 aromatic rings. The van der Waals surface area contributed by atoms with Crippen molar-refractivity contribution in [3.8, 4) is 0 Å². The molecule has 0 radical (unpaired) electrons. The molecule has 1 heteroatoms. The standard InChI is InChI=1S/C10H14O/c1-7-8-2-4-9(5-3-8)10(7)6-11/h2,4,6-10H,3,5H2,1H3. The Labute approximate surface area is 67.5 Å². The van der Waals surface area contributed by atoms with Gasteiger partial charge in [-0.05, 0) is 30.6 Å². The van der Waals surface area contributed by atoms with E-state index in [0.717, 1.165) is 6.29 Å². The first-order valence-electron chi connectivity index (χ1n) is 4.46. The van der Waals surface area contributed by atoms with Gasteiger partial charge in [0.1, 0.15) is 6.29 Å². The van der Waals surface area contributed by atoms with Gasteiger partial charge in [0.05, 0.1) is 0 Å². The fourth-order valence-electron chi connectivity index (χ4n) is 2.52. The molecule has 0 aromatic heterocycles. The Hall–Kier alpha value is -0.590. The zero-order valence-electron chi connectivity index (χ0n) is 6.86. The topological polar surface area (TPSA) is 17.1 Å². The Bertz CT molecular complexity index is 195. The minimum Gasteiger partial charge on any atom is -0.303 e. The van der Waals surface area contributed by atoms with Gasteiger partial charge in [-0.15, -0.1) is 0 Å². The zero-order valence-corrected chi connectivity index (χ0v) is 6.86. The number of hydrogen-bond acceptors (Lipinski definition) is 1. The summed E-state index contributed by atoms with van der Waals surface area (Å²) in [6.45, 7) is 2.21. The van der Waals surface area contributed by atoms with Crippen molar-refractivity contribution in [3.05, 3.63) is 12.2 Å². The second-order valence-corrected chi connectivity index (χ2v) is 3.86. The average molecular weight is 150 g/mol. The highest BCUT2D eigenvalue weighted by Gasteiger charge is 2.37. The van der Waals surface area contributed by atoms with Crippen molar-refractivity contribution in [2.45, 2.75) is 19.8 Å². The highest BCUT2D eigenvalue weighted by molar-refractivity contribution is 5.56. The van der Waals surface area contributed by atoms with Crippen LogP contribution in [0.15, 0.2) is 12.2 Å². The zero-order chi connectivity index (χ0) is 7.84. The molecule has 0 N–H and O–H groups in total. The summed E-state index contributed by atoms with van der Waals surface area (Å²) in [5.41, 5.74) is 0. The van der Waals surface area contributed by atoms with Crippen LogP contribution in [0.1, 0.15) is 19.8 Å². The van der Waals surface area contributed by atoms with Crippen LogP contribution in [0.4, 0.5) is 0 Å². The molecular formula is C10H14O. The van der Waals surface area contributed by atoms with Gasteiger partial charge in [0.2, 0.25) is 0 Å². The monoisotopic (exact) mass is 150 g/mol. The second-order valence-electron chi connectivity index (χ2n) is 3.86. The summed E-state index contributed by atoms with van der Waals surface area (Å²) in [4.78, 5) is 10.7. The summed E-state index contributed by atoms with van der Waals surface area (Å²) >= 11 is 0. The van der Waals surface area contributed by atoms with E-state index in [2.05, 4.69) is 19.1 Å². The first-order chi connectivity index (χ1) is 5.33. The summed E-state index contributed by atoms with van der Waals surface area (Å²) in [7, 11) is 0. The molecular weight excluding hydrogens is 136 g/mol. The minimum absolute atomic E-state index is 0.318. The van der Waals surface area contributed by atoms with E-state index in [1.807, 2.05) is 0 Å². The van der Waals surface area contributed by atoms with Crippen LogP contribution in [0, 0.1) is 23.7 Å². The highest BCUT2D eigenvalue weighted by Crippen LogP contribution is 2.43. The van der Waals surface area contributed by atoms with E-state index in [9.17, 15) is 4.79 Å². The first-order valence-corrected chi connectivity index (χ1v) is 4.46. The lowest BCUT2D eigenvalue weighted by molar-refractivity contribution is -0.115. The number of rotatable bonds is 1. The van der Waals surface area contributed by atoms with Crippen LogP contribution in [-0.4, -0.2) is 6.29 Å². The Kier molecular flexibility index (Phi) is 1.59. The molecule has 11 heavy (non-hydrogen) atoms. The van der Waals surface area contributed by atoms with E-state index < -0.39 is 0 Å². The first kappa shape index (κ1) is 7.08. The van der Waals surface area contributed by atoms with Gasteiger partial charge in [-0.3, -0.25) is 0 Å². The maximum atomic E-state index is 10.7. The van der Waals surface area contributed by atoms with Crippen molar-refractivity contribution in [1.82, 2.24) is 0 Å². The maximum Gasteiger partial charge on any atom is 0.123 e. The molecule has 0 aliphatic heterocycles. The van der Waals surface area contributed by atoms with Gasteiger partial charge < -0.3 is 4.79 Å². The van der Waals surface area contributed by atoms with E-state index in [4.69, 9.17) is 0 Å². The molecule has 0 saturated heterocycles. The van der Waals surface area contributed by atoms with Crippen LogP contribution in [0.25, 0.3) is 0 Å². The van der Waals surface area contributed by atoms with Gasteiger partial charge >= 0.3 is 0 Å². The molecule has 3 rings (SSSR count). The summed E-state index contributed by atoms with van der Waals surface area (Å²) < 4.78 is 0. The predicted molar refractivity (Wildman–Crippen MR) is 44.1 cm³/mol. The Morgan fingerprint density at radius 1 is 1.27 bits per heavy atom. The molecule has 1 saturated carbocycles. The Morgan fingerprint density at radius 3 is 2.27 bits per heavy atom. The number of carbonyl (C=O) groups excluding carboxylic acids is 1. The van der Waals surface area contributed by atoms with Crippen LogP contribution in [0.5, 0.6) is 0 Å². The molecule has 0 heterocycles. The quantitative estimate of drug-likeness (QED) is 0.413. The minimum atomic E-state index is 0.318. The largest absolute Gasteiger partial charge is 0.303 e. The molecule has 0 aromatic carbocycles. The van der Waals surface area contributed by atoms with Gasteiger partial charge in [0.25, 0.3) is 0 Å². The van der Waals surface area contributed by atoms with Gasteiger partial charge in [0.15, 0.2) is 0 Å².